The molecule has 0 aromatic carbocycles. The van der Waals surface area contributed by atoms with Crippen molar-refractivity contribution in [2.75, 3.05) is 6.61 Å². The zero-order chi connectivity index (χ0) is 11.3. The van der Waals surface area contributed by atoms with Gasteiger partial charge in [0, 0.05) is 4.86 Å². The van der Waals surface area contributed by atoms with Gasteiger partial charge in [-0.15, -0.1) is 0 Å². The van der Waals surface area contributed by atoms with Crippen molar-refractivity contribution in [1.29, 1.82) is 0 Å². The second-order valence-electron chi connectivity index (χ2n) is 3.75. The highest BCUT2D eigenvalue weighted by Crippen LogP contribution is 2.10. The van der Waals surface area contributed by atoms with Crippen LogP contribution in [-0.4, -0.2) is 50.2 Å². The normalized spacial score (nSPS) is 17.9. The molecule has 4 nitrogen and oxygen atoms in total. The third-order valence-corrected chi connectivity index (χ3v) is 2.25. The van der Waals surface area contributed by atoms with Gasteiger partial charge in [0.15, 0.2) is 0 Å². The van der Waals surface area contributed by atoms with Crippen LogP contribution < -0.4 is 0 Å². The van der Waals surface area contributed by atoms with Crippen molar-refractivity contribution in [1.82, 2.24) is 0 Å². The van der Waals surface area contributed by atoms with Crippen molar-refractivity contribution in [3.8, 4) is 0 Å². The van der Waals surface area contributed by atoms with Crippen LogP contribution in [0.15, 0.2) is 0 Å². The molecule has 0 aromatic rings. The number of thiocarbonyl (C=S) groups is 1. The Labute approximate surface area is 89.2 Å². The Kier molecular flexibility index (Phi) is 6.39. The second-order valence-corrected chi connectivity index (χ2v) is 4.27. The maximum absolute atomic E-state index is 9.47. The lowest BCUT2D eigenvalue weighted by molar-refractivity contribution is -0.0553. The van der Waals surface area contributed by atoms with Gasteiger partial charge in [0.2, 0.25) is 0 Å². The molecule has 0 saturated heterocycles. The minimum Gasteiger partial charge on any atom is -0.394 e. The molecule has 0 heterocycles. The molecule has 0 bridgehead atoms. The number of rotatable bonds is 6. The zero-order valence-electron chi connectivity index (χ0n) is 8.42. The Morgan fingerprint density at radius 3 is 2.07 bits per heavy atom. The van der Waals surface area contributed by atoms with E-state index >= 15 is 0 Å². The number of aliphatic hydroxyl groups is 4. The molecule has 0 amide bonds. The topological polar surface area (TPSA) is 80.9 Å². The van der Waals surface area contributed by atoms with E-state index in [2.05, 4.69) is 0 Å². The van der Waals surface area contributed by atoms with Gasteiger partial charge in [-0.3, -0.25) is 0 Å². The number of hydrogen-bond donors (Lipinski definition) is 4. The molecule has 84 valence electrons. The van der Waals surface area contributed by atoms with Crippen molar-refractivity contribution in [3.63, 3.8) is 0 Å². The van der Waals surface area contributed by atoms with E-state index in [4.69, 9.17) is 22.4 Å². The Morgan fingerprint density at radius 2 is 1.71 bits per heavy atom. The first-order chi connectivity index (χ1) is 6.40. The maximum Gasteiger partial charge on any atom is 0.114 e. The molecular weight excluding hydrogens is 204 g/mol. The Bertz CT molecular complexity index is 184. The molecule has 14 heavy (non-hydrogen) atoms. The highest BCUT2D eigenvalue weighted by atomic mass is 32.1. The van der Waals surface area contributed by atoms with Gasteiger partial charge in [-0.05, 0) is 12.3 Å². The SMILES string of the molecule is CC(C)CC(=S)[C@H](O)[C@H](O)[C@H](O)CO. The van der Waals surface area contributed by atoms with Crippen LogP contribution in [0.5, 0.6) is 0 Å². The van der Waals surface area contributed by atoms with Crippen LogP contribution in [0.3, 0.4) is 0 Å². The third kappa shape index (κ3) is 4.43. The summed E-state index contributed by atoms with van der Waals surface area (Å²) in [7, 11) is 0. The molecule has 0 unspecified atom stereocenters. The third-order valence-electron chi connectivity index (χ3n) is 1.84. The van der Waals surface area contributed by atoms with Crippen molar-refractivity contribution in [2.24, 2.45) is 5.92 Å². The lowest BCUT2D eigenvalue weighted by Gasteiger charge is -2.22. The summed E-state index contributed by atoms with van der Waals surface area (Å²) < 4.78 is 0. The first kappa shape index (κ1) is 13.9. The Morgan fingerprint density at radius 1 is 1.21 bits per heavy atom. The molecule has 0 saturated carbocycles. The minimum absolute atomic E-state index is 0.288. The fraction of sp³-hybridized carbons (Fsp3) is 0.889. The molecule has 4 N–H and O–H groups in total. The zero-order valence-corrected chi connectivity index (χ0v) is 9.24. The summed E-state index contributed by atoms with van der Waals surface area (Å²) in [5, 5.41) is 36.4. The van der Waals surface area contributed by atoms with Gasteiger partial charge in [0.25, 0.3) is 0 Å². The van der Waals surface area contributed by atoms with E-state index in [1.807, 2.05) is 13.8 Å². The van der Waals surface area contributed by atoms with E-state index in [0.717, 1.165) is 0 Å². The molecule has 0 rings (SSSR count). The lowest BCUT2D eigenvalue weighted by Crippen LogP contribution is -2.43. The lowest BCUT2D eigenvalue weighted by atomic mass is 9.99. The van der Waals surface area contributed by atoms with Crippen LogP contribution in [0.1, 0.15) is 20.3 Å². The van der Waals surface area contributed by atoms with Crippen LogP contribution in [-0.2, 0) is 0 Å². The highest BCUT2D eigenvalue weighted by Gasteiger charge is 2.27. The minimum atomic E-state index is -1.41. The smallest absolute Gasteiger partial charge is 0.114 e. The Hall–Kier alpha value is -0.0700. The van der Waals surface area contributed by atoms with Crippen LogP contribution in [0.25, 0.3) is 0 Å². The molecule has 0 aromatic heterocycles. The van der Waals surface area contributed by atoms with E-state index in [9.17, 15) is 10.2 Å². The van der Waals surface area contributed by atoms with Gasteiger partial charge < -0.3 is 20.4 Å². The average Bonchev–Trinajstić information content (AvgIpc) is 2.13. The summed E-state index contributed by atoms with van der Waals surface area (Å²) in [4.78, 5) is 0.306. The molecule has 0 radical (unpaired) electrons. The molecule has 3 atom stereocenters. The average molecular weight is 222 g/mol. The number of aliphatic hydroxyl groups excluding tert-OH is 4. The van der Waals surface area contributed by atoms with Gasteiger partial charge in [-0.25, -0.2) is 0 Å². The van der Waals surface area contributed by atoms with Gasteiger partial charge in [0.05, 0.1) is 6.61 Å². The number of hydrogen-bond acceptors (Lipinski definition) is 5. The van der Waals surface area contributed by atoms with Crippen LogP contribution in [0, 0.1) is 5.92 Å². The van der Waals surface area contributed by atoms with Crippen molar-refractivity contribution in [3.05, 3.63) is 0 Å². The molecule has 0 fully saturated rings. The molecule has 0 aliphatic heterocycles. The van der Waals surface area contributed by atoms with Gasteiger partial charge in [-0.2, -0.15) is 0 Å². The second kappa shape index (κ2) is 6.42. The molecule has 0 aliphatic carbocycles. The predicted octanol–water partition coefficient (Wildman–Crippen LogP) is -0.523. The van der Waals surface area contributed by atoms with Crippen LogP contribution >= 0.6 is 12.2 Å². The van der Waals surface area contributed by atoms with Gasteiger partial charge >= 0.3 is 0 Å². The van der Waals surface area contributed by atoms with E-state index in [1.54, 1.807) is 0 Å². The monoisotopic (exact) mass is 222 g/mol. The van der Waals surface area contributed by atoms with Crippen molar-refractivity contribution in [2.45, 2.75) is 38.6 Å². The summed E-state index contributed by atoms with van der Waals surface area (Å²) in [6.07, 6.45) is -3.51. The van der Waals surface area contributed by atoms with Crippen molar-refractivity contribution < 1.29 is 20.4 Å². The van der Waals surface area contributed by atoms with E-state index in [0.29, 0.717) is 11.3 Å². The largest absolute Gasteiger partial charge is 0.394 e. The van der Waals surface area contributed by atoms with Gasteiger partial charge in [-0.1, -0.05) is 26.1 Å². The van der Waals surface area contributed by atoms with E-state index < -0.39 is 24.9 Å². The van der Waals surface area contributed by atoms with Crippen LogP contribution in [0.2, 0.25) is 0 Å². The summed E-state index contributed by atoms with van der Waals surface area (Å²) in [6.45, 7) is 3.28. The quantitative estimate of drug-likeness (QED) is 0.455. The Balaban J connectivity index is 4.16. The van der Waals surface area contributed by atoms with Crippen molar-refractivity contribution >= 4 is 17.1 Å². The standard InChI is InChI=1S/C9H18O4S/c1-5(2)3-7(14)9(13)8(12)6(11)4-10/h5-6,8-13H,3-4H2,1-2H3/t6-,8-,9+/m1/s1. The van der Waals surface area contributed by atoms with E-state index in [1.165, 1.54) is 0 Å². The summed E-state index contributed by atoms with van der Waals surface area (Å²) >= 11 is 4.89. The first-order valence-electron chi connectivity index (χ1n) is 4.58. The molecule has 0 aliphatic rings. The summed E-state index contributed by atoms with van der Waals surface area (Å²) in [6, 6.07) is 0. The first-order valence-corrected chi connectivity index (χ1v) is 4.98. The van der Waals surface area contributed by atoms with Gasteiger partial charge in [0.1, 0.15) is 18.3 Å². The molecule has 0 spiro atoms. The molecular formula is C9H18O4S. The summed E-state index contributed by atoms with van der Waals surface area (Å²) in [5.41, 5.74) is 0. The summed E-state index contributed by atoms with van der Waals surface area (Å²) in [5.74, 6) is 0.288. The van der Waals surface area contributed by atoms with Crippen LogP contribution in [0.4, 0.5) is 0 Å². The predicted molar refractivity (Wildman–Crippen MR) is 57.2 cm³/mol. The fourth-order valence-electron chi connectivity index (χ4n) is 1.03. The van der Waals surface area contributed by atoms with E-state index in [-0.39, 0.29) is 5.92 Å². The highest BCUT2D eigenvalue weighted by molar-refractivity contribution is 7.80. The fourth-order valence-corrected chi connectivity index (χ4v) is 1.50. The maximum atomic E-state index is 9.47. The molecule has 5 heteroatoms.